The maximum atomic E-state index is 14.2. The van der Waals surface area contributed by atoms with Crippen molar-refractivity contribution >= 4 is 28.0 Å². The molecule has 0 spiro atoms. The van der Waals surface area contributed by atoms with Crippen molar-refractivity contribution in [3.63, 3.8) is 0 Å². The van der Waals surface area contributed by atoms with Gasteiger partial charge in [-0.2, -0.15) is 127 Å². The van der Waals surface area contributed by atoms with E-state index in [1.807, 2.05) is 39.0 Å². The predicted octanol–water partition coefficient (Wildman–Crippen LogP) is 13.4. The van der Waals surface area contributed by atoms with Gasteiger partial charge in [0.2, 0.25) is 0 Å². The molecule has 4 aromatic carbocycles. The Kier molecular flexibility index (Phi) is 22.2. The van der Waals surface area contributed by atoms with Crippen molar-refractivity contribution in [1.29, 1.82) is 0 Å². The normalized spacial score (nSPS) is 13.6. The van der Waals surface area contributed by atoms with E-state index in [1.165, 1.54) is 0 Å². The van der Waals surface area contributed by atoms with Gasteiger partial charge in [0, 0.05) is 17.1 Å². The van der Waals surface area contributed by atoms with Crippen LogP contribution in [0.2, 0.25) is 0 Å². The third kappa shape index (κ3) is 16.8. The molecule has 70 heavy (non-hydrogen) atoms. The first-order valence-corrected chi connectivity index (χ1v) is 17.7. The topological polar surface area (TPSA) is 39.8 Å². The molecule has 0 heterocycles. The van der Waals surface area contributed by atoms with Crippen molar-refractivity contribution in [2.24, 2.45) is 0 Å². The smallest absolute Gasteiger partial charge is 0 e. The van der Waals surface area contributed by atoms with E-state index in [-0.39, 0.29) is 17.1 Å². The maximum absolute atomic E-state index is 14.2. The summed E-state index contributed by atoms with van der Waals surface area (Å²) in [4.78, 5) is 0. The van der Waals surface area contributed by atoms with E-state index in [0.29, 0.717) is 0 Å². The van der Waals surface area contributed by atoms with Crippen LogP contribution in [0.1, 0.15) is 51.4 Å². The van der Waals surface area contributed by atoms with Crippen LogP contribution in [0.4, 0.5) is 105 Å². The van der Waals surface area contributed by atoms with Crippen LogP contribution >= 0.6 is 0 Å². The molecule has 0 amide bonds. The summed E-state index contributed by atoms with van der Waals surface area (Å²) >= 11 is 0. The molecule has 2 nitrogen and oxygen atoms in total. The molecular weight excluding hydrogens is 1060 g/mol. The van der Waals surface area contributed by atoms with Crippen LogP contribution in [0.5, 0.6) is 0 Å². The van der Waals surface area contributed by atoms with Gasteiger partial charge in [-0.3, -0.25) is 0 Å². The Labute approximate surface area is 390 Å². The summed E-state index contributed by atoms with van der Waals surface area (Å²) in [5, 5.41) is 0. The molecule has 1 saturated carbocycles. The van der Waals surface area contributed by atoms with Gasteiger partial charge < -0.3 is 0 Å². The van der Waals surface area contributed by atoms with Gasteiger partial charge in [-0.1, -0.05) is 54.6 Å². The fourth-order valence-corrected chi connectivity index (χ4v) is 6.39. The molecule has 1 fully saturated rings. The van der Waals surface area contributed by atoms with Crippen molar-refractivity contribution < 1.29 is 132 Å². The largest absolute Gasteiger partial charge is 0.0312 e. The van der Waals surface area contributed by atoms with Gasteiger partial charge in [0.15, 0.2) is 0 Å². The SMILES string of the molecule is C=CC.FC(F)(F)c1cc([B-](c2cc(C(F)(F)F)cc(C(F)(F)F)c2)(c2cc(C(F)(F)F)cc(C(F)(F)F)c2)c2cc(C(F)(F)F)cc(C(F)(F)F)c2)cc(C(F)(F)F)c1.[C-]#[O+].[C-]#[O+].[CH]1[CH][CH][CH][CH]1.[Fe]. The molecule has 383 valence electrons. The van der Waals surface area contributed by atoms with Gasteiger partial charge in [-0.25, -0.2) is 0 Å². The van der Waals surface area contributed by atoms with Crippen LogP contribution in [-0.4, -0.2) is 6.15 Å². The predicted molar refractivity (Wildman–Crippen MR) is 195 cm³/mol. The molecule has 28 heteroatoms. The van der Waals surface area contributed by atoms with Crippen molar-refractivity contribution in [1.82, 2.24) is 0 Å². The first-order chi connectivity index (χ1) is 31.2. The summed E-state index contributed by atoms with van der Waals surface area (Å²) in [6.45, 7) is 14.2. The van der Waals surface area contributed by atoms with Crippen molar-refractivity contribution in [2.45, 2.75) is 56.3 Å². The Morgan fingerprint density at radius 2 is 0.414 bits per heavy atom. The fraction of sp³-hybridized carbons (Fsp3) is 0.214. The van der Waals surface area contributed by atoms with Gasteiger partial charge in [0.05, 0.1) is 44.5 Å². The summed E-state index contributed by atoms with van der Waals surface area (Å²) in [6, 6.07) is -8.81. The second-order valence-electron chi connectivity index (χ2n) is 13.6. The number of hydrogen-bond donors (Lipinski definition) is 0. The van der Waals surface area contributed by atoms with Crippen LogP contribution in [0.15, 0.2) is 85.5 Å². The standard InChI is InChI=1S/C32H12BF24.C5H5.C3H6.2CO.Fe/c34-25(35,36)13-1-14(26(37,38)39)6-21(5-13)33(22-7-15(27(40,41)42)2-16(8-22)28(43,44)45,23-9-17(29(46,47)48)3-18(10-23)30(49,50)51)24-11-19(31(52,53)54)4-20(12-24)32(55,56)57;1-2-4-5-3-1;1-3-2;2*1-2;/h1-12H;1-5H;3H,1H2,2H3;;;/q-1;;;;;. The summed E-state index contributed by atoms with van der Waals surface area (Å²) < 4.78 is 356. The first kappa shape index (κ1) is 65.0. The molecule has 1 aliphatic rings. The van der Waals surface area contributed by atoms with Gasteiger partial charge in [0.1, 0.15) is 6.15 Å². The van der Waals surface area contributed by atoms with Crippen LogP contribution in [-0.2, 0) is 75.8 Å². The molecule has 0 saturated heterocycles. The molecule has 0 N–H and O–H groups in total. The van der Waals surface area contributed by atoms with E-state index in [9.17, 15) is 105 Å². The quantitative estimate of drug-likeness (QED) is 0.0642. The van der Waals surface area contributed by atoms with Gasteiger partial charge in [-0.15, -0.1) is 6.58 Å². The van der Waals surface area contributed by atoms with Gasteiger partial charge in [0.25, 0.3) is 0 Å². The Morgan fingerprint density at radius 3 is 0.500 bits per heavy atom. The van der Waals surface area contributed by atoms with E-state index < -0.39 is 195 Å². The molecule has 0 unspecified atom stereocenters. The van der Waals surface area contributed by atoms with E-state index in [2.05, 4.69) is 19.9 Å². The monoisotopic (exact) mass is 1080 g/mol. The van der Waals surface area contributed by atoms with Crippen LogP contribution in [0, 0.1) is 45.4 Å². The number of allylic oxidation sites excluding steroid dienone is 1. The third-order valence-corrected chi connectivity index (χ3v) is 9.00. The first-order valence-electron chi connectivity index (χ1n) is 17.7. The summed E-state index contributed by atoms with van der Waals surface area (Å²) in [7, 11) is 0. The average Bonchev–Trinajstić information content (AvgIpc) is 3.81. The van der Waals surface area contributed by atoms with Crippen LogP contribution in [0.3, 0.4) is 0 Å². The van der Waals surface area contributed by atoms with Gasteiger partial charge in [-0.05, 0) is 63.3 Å². The molecular formula is C42H23BF24FeO2-. The molecule has 5 rings (SSSR count). The van der Waals surface area contributed by atoms with Crippen LogP contribution < -0.4 is 21.9 Å². The van der Waals surface area contributed by atoms with E-state index in [1.54, 1.807) is 6.08 Å². The maximum Gasteiger partial charge on any atom is 0 e. The molecule has 0 aromatic heterocycles. The Bertz CT molecular complexity index is 1940. The Hall–Kier alpha value is -5.00. The summed E-state index contributed by atoms with van der Waals surface area (Å²) in [5.41, 5.74) is -30.2. The zero-order chi connectivity index (χ0) is 54.2. The average molecular weight is 1080 g/mol. The molecule has 0 bridgehead atoms. The zero-order valence-corrected chi connectivity index (χ0v) is 35.0. The fourth-order valence-electron chi connectivity index (χ4n) is 6.39. The molecule has 0 aliphatic heterocycles. The molecule has 4 aromatic rings. The number of halogens is 24. The summed E-state index contributed by atoms with van der Waals surface area (Å²) in [6.07, 6.45) is -43.1. The van der Waals surface area contributed by atoms with E-state index in [4.69, 9.17) is 9.30 Å². The zero-order valence-electron chi connectivity index (χ0n) is 33.9. The minimum Gasteiger partial charge on any atom is -0.0312 e. The van der Waals surface area contributed by atoms with E-state index in [0.717, 1.165) is 0 Å². The Balaban J connectivity index is 0.00000328. The number of hydrogen-bond acceptors (Lipinski definition) is 0. The van der Waals surface area contributed by atoms with Crippen molar-refractivity contribution in [3.8, 4) is 0 Å². The minimum absolute atomic E-state index is 0. The molecule has 0 atom stereocenters. The summed E-state index contributed by atoms with van der Waals surface area (Å²) in [5.74, 6) is 0. The second-order valence-corrected chi connectivity index (χ2v) is 13.6. The number of benzene rings is 4. The second kappa shape index (κ2) is 23.9. The Morgan fingerprint density at radius 1 is 0.314 bits per heavy atom. The van der Waals surface area contributed by atoms with Gasteiger partial charge >= 0.3 is 72.0 Å². The van der Waals surface area contributed by atoms with Crippen LogP contribution in [0.25, 0.3) is 0 Å². The van der Waals surface area contributed by atoms with Crippen molar-refractivity contribution in [2.75, 3.05) is 0 Å². The number of alkyl halides is 24. The van der Waals surface area contributed by atoms with E-state index >= 15 is 0 Å². The van der Waals surface area contributed by atoms with Crippen molar-refractivity contribution in [3.05, 3.63) is 175 Å². The third-order valence-electron chi connectivity index (χ3n) is 9.00. The number of rotatable bonds is 4. The molecule has 1 aliphatic carbocycles. The molecule has 5 radical (unpaired) electrons. The minimum atomic E-state index is -6.13.